The summed E-state index contributed by atoms with van der Waals surface area (Å²) in [6, 6.07) is 9.59. The standard InChI is InChI=1S/C33H31FN6S/c1-6-7-25(30-11-10-29(41-30)18(2)3)27-17-36-33(38-20(27)5)32-26-13-22(14-28(34)31(26)39-40-32)23-12-24(16-35-15-23)37-19(4)21-8-9-21/h6-7,10-16,21,37H,1-2,4,8-9,17H2,3,5H3,(H,36,38)(H,39,40)/b25-7+. The molecule has 1 aliphatic carbocycles. The number of benzene rings is 1. The fourth-order valence-corrected chi connectivity index (χ4v) is 5.95. The van der Waals surface area contributed by atoms with E-state index in [-0.39, 0.29) is 5.52 Å². The van der Waals surface area contributed by atoms with Crippen molar-refractivity contribution in [1.29, 1.82) is 0 Å². The van der Waals surface area contributed by atoms with Crippen molar-refractivity contribution in [1.82, 2.24) is 20.5 Å². The van der Waals surface area contributed by atoms with Gasteiger partial charge in [0.25, 0.3) is 0 Å². The van der Waals surface area contributed by atoms with Gasteiger partial charge in [-0.2, -0.15) is 5.10 Å². The molecule has 1 aliphatic heterocycles. The lowest BCUT2D eigenvalue weighted by molar-refractivity contribution is 0.636. The van der Waals surface area contributed by atoms with E-state index < -0.39 is 5.82 Å². The van der Waals surface area contributed by atoms with Gasteiger partial charge in [0.2, 0.25) is 0 Å². The van der Waals surface area contributed by atoms with Crippen LogP contribution in [0, 0.1) is 11.7 Å². The molecule has 206 valence electrons. The molecule has 4 heterocycles. The number of hydrogen-bond donors (Lipinski definition) is 3. The number of fused-ring (bicyclic) bond motifs is 1. The molecule has 1 saturated carbocycles. The van der Waals surface area contributed by atoms with Crippen LogP contribution >= 0.6 is 11.3 Å². The van der Waals surface area contributed by atoms with Crippen molar-refractivity contribution in [2.45, 2.75) is 26.7 Å². The van der Waals surface area contributed by atoms with Crippen LogP contribution in [-0.4, -0.2) is 27.6 Å². The molecular formula is C33H31FN6S. The van der Waals surface area contributed by atoms with Gasteiger partial charge in [0.05, 0.1) is 18.4 Å². The molecule has 0 spiro atoms. The van der Waals surface area contributed by atoms with Gasteiger partial charge < -0.3 is 10.6 Å². The highest BCUT2D eigenvalue weighted by molar-refractivity contribution is 7.14. The van der Waals surface area contributed by atoms with E-state index in [2.05, 4.69) is 57.7 Å². The molecule has 6 nitrogen and oxygen atoms in total. The topological polar surface area (TPSA) is 78.0 Å². The van der Waals surface area contributed by atoms with Crippen molar-refractivity contribution < 1.29 is 4.39 Å². The zero-order chi connectivity index (χ0) is 28.7. The number of halogens is 1. The molecule has 0 radical (unpaired) electrons. The third kappa shape index (κ3) is 5.30. The van der Waals surface area contributed by atoms with Crippen LogP contribution < -0.4 is 10.6 Å². The number of hydrogen-bond acceptors (Lipinski definition) is 6. The number of aromatic nitrogens is 3. The van der Waals surface area contributed by atoms with Crippen molar-refractivity contribution in [2.75, 3.05) is 11.9 Å². The zero-order valence-electron chi connectivity index (χ0n) is 23.1. The maximum atomic E-state index is 15.3. The Morgan fingerprint density at radius 1 is 1.12 bits per heavy atom. The maximum absolute atomic E-state index is 15.3. The first kappa shape index (κ1) is 26.7. The number of aliphatic imine (C=N–C) groups is 1. The molecule has 0 saturated heterocycles. The molecule has 2 aliphatic rings. The Hall–Kier alpha value is -4.56. The number of pyridine rings is 1. The number of nitrogens with zero attached hydrogens (tertiary/aromatic N) is 3. The lowest BCUT2D eigenvalue weighted by Crippen LogP contribution is -2.29. The second-order valence-corrected chi connectivity index (χ2v) is 11.6. The quantitative estimate of drug-likeness (QED) is 0.180. The van der Waals surface area contributed by atoms with E-state index >= 15 is 4.39 Å². The van der Waals surface area contributed by atoms with Gasteiger partial charge in [0.15, 0.2) is 11.7 Å². The van der Waals surface area contributed by atoms with Crippen molar-refractivity contribution in [2.24, 2.45) is 10.9 Å². The third-order valence-electron chi connectivity index (χ3n) is 7.35. The number of nitrogens with one attached hydrogen (secondary N) is 3. The Labute approximate surface area is 242 Å². The highest BCUT2D eigenvalue weighted by Gasteiger charge is 2.25. The highest BCUT2D eigenvalue weighted by Crippen LogP contribution is 2.37. The van der Waals surface area contributed by atoms with Gasteiger partial charge in [0.1, 0.15) is 11.2 Å². The van der Waals surface area contributed by atoms with Crippen LogP contribution in [-0.2, 0) is 0 Å². The van der Waals surface area contributed by atoms with Crippen LogP contribution in [0.2, 0.25) is 0 Å². The summed E-state index contributed by atoms with van der Waals surface area (Å²) in [5.74, 6) is 0.726. The van der Waals surface area contributed by atoms with Crippen LogP contribution in [0.5, 0.6) is 0 Å². The number of thiophene rings is 1. The van der Waals surface area contributed by atoms with E-state index in [1.165, 1.54) is 6.07 Å². The van der Waals surface area contributed by atoms with Crippen LogP contribution in [0.1, 0.15) is 42.1 Å². The molecule has 0 atom stereocenters. The molecular weight excluding hydrogens is 531 g/mol. The normalized spacial score (nSPS) is 15.5. The Bertz CT molecular complexity index is 1810. The Kier molecular flexibility index (Phi) is 7.01. The van der Waals surface area contributed by atoms with E-state index in [1.807, 2.05) is 32.1 Å². The van der Waals surface area contributed by atoms with E-state index in [9.17, 15) is 0 Å². The molecule has 6 rings (SSSR count). The third-order valence-corrected chi connectivity index (χ3v) is 8.63. The first-order valence-corrected chi connectivity index (χ1v) is 14.3. The van der Waals surface area contributed by atoms with Crippen molar-refractivity contribution in [3.8, 4) is 11.1 Å². The summed E-state index contributed by atoms with van der Waals surface area (Å²) in [6.45, 7) is 16.6. The molecule has 4 aromatic rings. The van der Waals surface area contributed by atoms with E-state index in [0.717, 1.165) is 62.0 Å². The molecule has 1 aromatic carbocycles. The fraction of sp³-hybridized carbons (Fsp3) is 0.182. The first-order chi connectivity index (χ1) is 19.8. The van der Waals surface area contributed by atoms with Gasteiger partial charge in [-0.15, -0.1) is 11.3 Å². The summed E-state index contributed by atoms with van der Waals surface area (Å²) in [5, 5.41) is 14.7. The van der Waals surface area contributed by atoms with Gasteiger partial charge in [-0.1, -0.05) is 31.9 Å². The van der Waals surface area contributed by atoms with Gasteiger partial charge >= 0.3 is 0 Å². The zero-order valence-corrected chi connectivity index (χ0v) is 24.0. The molecule has 3 N–H and O–H groups in total. The second kappa shape index (κ2) is 10.8. The Balaban J connectivity index is 1.31. The summed E-state index contributed by atoms with van der Waals surface area (Å²) in [7, 11) is 0. The van der Waals surface area contributed by atoms with Crippen molar-refractivity contribution >= 4 is 44.9 Å². The summed E-state index contributed by atoms with van der Waals surface area (Å²) < 4.78 is 15.3. The monoisotopic (exact) mass is 562 g/mol. The molecule has 3 aromatic heterocycles. The number of rotatable bonds is 9. The van der Waals surface area contributed by atoms with E-state index in [4.69, 9.17) is 4.99 Å². The minimum absolute atomic E-state index is 0.267. The minimum Gasteiger partial charge on any atom is -0.358 e. The Morgan fingerprint density at radius 2 is 1.93 bits per heavy atom. The number of amidine groups is 1. The predicted molar refractivity (Wildman–Crippen MR) is 169 cm³/mol. The Morgan fingerprint density at radius 3 is 2.63 bits per heavy atom. The van der Waals surface area contributed by atoms with Gasteiger partial charge in [0, 0.05) is 43.9 Å². The number of allylic oxidation sites excluding steroid dienone is 5. The molecule has 0 unspecified atom stereocenters. The SMILES string of the molecule is C=C/C=C(\C1=C(C)NC(c2[nH]nc3c(F)cc(-c4cncc(NC(=C)C5CC5)c4)cc23)=NC1)c1ccc(C(=C)C)s1. The van der Waals surface area contributed by atoms with E-state index in [1.54, 1.807) is 29.8 Å². The number of H-pyrrole nitrogens is 1. The molecule has 0 amide bonds. The lowest BCUT2D eigenvalue weighted by Gasteiger charge is -2.21. The molecule has 8 heteroatoms. The average molecular weight is 563 g/mol. The van der Waals surface area contributed by atoms with Crippen LogP contribution in [0.4, 0.5) is 10.1 Å². The average Bonchev–Trinajstić information content (AvgIpc) is 3.53. The minimum atomic E-state index is -0.410. The van der Waals surface area contributed by atoms with Gasteiger partial charge in [-0.05, 0) is 79.6 Å². The number of anilines is 1. The summed E-state index contributed by atoms with van der Waals surface area (Å²) in [6.07, 6.45) is 9.62. The van der Waals surface area contributed by atoms with Gasteiger partial charge in [-0.3, -0.25) is 15.1 Å². The van der Waals surface area contributed by atoms with E-state index in [0.29, 0.717) is 34.9 Å². The van der Waals surface area contributed by atoms with Crippen LogP contribution in [0.25, 0.3) is 33.2 Å². The fourth-order valence-electron chi connectivity index (χ4n) is 4.97. The summed E-state index contributed by atoms with van der Waals surface area (Å²) >= 11 is 1.70. The van der Waals surface area contributed by atoms with Crippen molar-refractivity contribution in [3.63, 3.8) is 0 Å². The molecule has 1 fully saturated rings. The molecule has 41 heavy (non-hydrogen) atoms. The maximum Gasteiger partial charge on any atom is 0.151 e. The largest absolute Gasteiger partial charge is 0.358 e. The number of aromatic amines is 1. The first-order valence-electron chi connectivity index (χ1n) is 13.5. The van der Waals surface area contributed by atoms with Crippen LogP contribution in [0.15, 0.2) is 96.6 Å². The van der Waals surface area contributed by atoms with Crippen LogP contribution in [0.3, 0.4) is 0 Å². The second-order valence-electron chi connectivity index (χ2n) is 10.5. The highest BCUT2D eigenvalue weighted by atomic mass is 32.1. The summed E-state index contributed by atoms with van der Waals surface area (Å²) in [4.78, 5) is 11.5. The van der Waals surface area contributed by atoms with Gasteiger partial charge in [-0.25, -0.2) is 4.39 Å². The predicted octanol–water partition coefficient (Wildman–Crippen LogP) is 8.09. The smallest absolute Gasteiger partial charge is 0.151 e. The summed E-state index contributed by atoms with van der Waals surface area (Å²) in [5.41, 5.74) is 8.38. The molecule has 0 bridgehead atoms. The lowest BCUT2D eigenvalue weighted by atomic mass is 10.00. The van der Waals surface area contributed by atoms with Crippen molar-refractivity contribution in [3.05, 3.63) is 113 Å².